The largest absolute Gasteiger partial charge is 0.507 e. The second-order valence-electron chi connectivity index (χ2n) is 10.9. The minimum atomic E-state index is -0.170. The molecule has 4 aromatic carbocycles. The second kappa shape index (κ2) is 10.8. The van der Waals surface area contributed by atoms with Gasteiger partial charge in [-0.1, -0.05) is 87.5 Å². The van der Waals surface area contributed by atoms with E-state index in [-0.39, 0.29) is 17.8 Å². The van der Waals surface area contributed by atoms with Crippen LogP contribution in [-0.4, -0.2) is 25.2 Å². The lowest BCUT2D eigenvalue weighted by atomic mass is 9.83. The Morgan fingerprint density at radius 3 is 1.77 bits per heavy atom. The molecular weight excluding hydrogens is 498 g/mol. The first-order valence-corrected chi connectivity index (χ1v) is 13.3. The minimum Gasteiger partial charge on any atom is -0.507 e. The number of hydrogen-bond donors (Lipinski definition) is 2. The van der Waals surface area contributed by atoms with Crippen molar-refractivity contribution in [3.05, 3.63) is 107 Å². The van der Waals surface area contributed by atoms with Gasteiger partial charge in [0.05, 0.1) is 5.56 Å². The average molecular weight is 532 g/mol. The maximum Gasteiger partial charge on any atom is 0.167 e. The van der Waals surface area contributed by atoms with Crippen LogP contribution in [0.2, 0.25) is 0 Å². The van der Waals surface area contributed by atoms with Crippen molar-refractivity contribution in [2.45, 2.75) is 46.6 Å². The fourth-order valence-electron chi connectivity index (χ4n) is 4.68. The molecule has 0 amide bonds. The van der Waals surface area contributed by atoms with Gasteiger partial charge in [-0.3, -0.25) is 0 Å². The van der Waals surface area contributed by atoms with Crippen LogP contribution in [0.25, 0.3) is 34.2 Å². The number of aromatic hydroxyl groups is 2. The number of hydrogen-bond acceptors (Lipinski definition) is 6. The van der Waals surface area contributed by atoms with Crippen LogP contribution in [0.15, 0.2) is 84.9 Å². The number of benzene rings is 4. The highest BCUT2D eigenvalue weighted by molar-refractivity contribution is 5.70. The first-order valence-electron chi connectivity index (χ1n) is 13.3. The first kappa shape index (κ1) is 26.9. The molecular formula is C34H33N3O3. The first-order chi connectivity index (χ1) is 19.1. The molecule has 2 N–H and O–H groups in total. The molecule has 0 atom stereocenters. The number of phenols is 2. The number of nitrogens with zero attached hydrogens (tertiary/aromatic N) is 3. The van der Waals surface area contributed by atoms with Gasteiger partial charge in [-0.2, -0.15) is 0 Å². The zero-order chi connectivity index (χ0) is 28.4. The van der Waals surface area contributed by atoms with Gasteiger partial charge in [0.1, 0.15) is 23.9 Å². The van der Waals surface area contributed by atoms with Gasteiger partial charge in [-0.05, 0) is 53.6 Å². The van der Waals surface area contributed by atoms with Crippen molar-refractivity contribution in [3.63, 3.8) is 0 Å². The summed E-state index contributed by atoms with van der Waals surface area (Å²) in [6, 6.07) is 26.5. The Morgan fingerprint density at radius 1 is 0.700 bits per heavy atom. The van der Waals surface area contributed by atoms with Crippen molar-refractivity contribution in [1.82, 2.24) is 15.0 Å². The summed E-state index contributed by atoms with van der Waals surface area (Å²) in [5, 5.41) is 21.9. The number of aryl methyl sites for hydroxylation is 1. The third-order valence-electron chi connectivity index (χ3n) is 7.00. The van der Waals surface area contributed by atoms with Gasteiger partial charge < -0.3 is 14.9 Å². The van der Waals surface area contributed by atoms with Gasteiger partial charge in [-0.15, -0.1) is 0 Å². The lowest BCUT2D eigenvalue weighted by Gasteiger charge is -2.24. The standard InChI is InChI=1S/C34H33N3O3/c1-21-18-28(34(3,4)5)30(39)22(2)27(21)20-40-25-16-17-26(29(38)19-25)33-36-31(23-12-8-6-9-13-23)35-32(37-33)24-14-10-7-11-15-24/h6-19,38-39H,20H2,1-5H3. The van der Waals surface area contributed by atoms with Crippen LogP contribution in [0, 0.1) is 13.8 Å². The molecule has 0 aliphatic heterocycles. The monoisotopic (exact) mass is 531 g/mol. The molecule has 1 aromatic heterocycles. The summed E-state index contributed by atoms with van der Waals surface area (Å²) in [4.78, 5) is 14.1. The quantitative estimate of drug-likeness (QED) is 0.233. The topological polar surface area (TPSA) is 88.4 Å². The highest BCUT2D eigenvalue weighted by atomic mass is 16.5. The molecule has 0 fully saturated rings. The van der Waals surface area contributed by atoms with Crippen LogP contribution in [0.3, 0.4) is 0 Å². The van der Waals surface area contributed by atoms with Crippen LogP contribution in [0.5, 0.6) is 17.2 Å². The third kappa shape index (κ3) is 5.52. The van der Waals surface area contributed by atoms with E-state index < -0.39 is 0 Å². The molecule has 0 spiro atoms. The predicted molar refractivity (Wildman–Crippen MR) is 158 cm³/mol. The van der Waals surface area contributed by atoms with E-state index in [0.29, 0.717) is 34.5 Å². The van der Waals surface area contributed by atoms with E-state index in [1.165, 1.54) is 0 Å². The summed E-state index contributed by atoms with van der Waals surface area (Å²) in [5.41, 5.74) is 5.70. The van der Waals surface area contributed by atoms with E-state index in [0.717, 1.165) is 33.4 Å². The molecule has 6 nitrogen and oxygen atoms in total. The van der Waals surface area contributed by atoms with E-state index in [9.17, 15) is 10.2 Å². The van der Waals surface area contributed by atoms with Crippen LogP contribution < -0.4 is 4.74 Å². The molecule has 6 heteroatoms. The number of rotatable bonds is 6. The van der Waals surface area contributed by atoms with Crippen molar-refractivity contribution in [3.8, 4) is 51.4 Å². The Bertz CT molecular complexity index is 1600. The third-order valence-corrected chi connectivity index (χ3v) is 7.00. The van der Waals surface area contributed by atoms with E-state index in [1.54, 1.807) is 18.2 Å². The molecule has 40 heavy (non-hydrogen) atoms. The molecule has 0 aliphatic rings. The van der Waals surface area contributed by atoms with Gasteiger partial charge in [0.15, 0.2) is 17.5 Å². The Balaban J connectivity index is 1.46. The highest BCUT2D eigenvalue weighted by Crippen LogP contribution is 2.37. The van der Waals surface area contributed by atoms with Crippen molar-refractivity contribution >= 4 is 0 Å². The molecule has 0 aliphatic carbocycles. The average Bonchev–Trinajstić information content (AvgIpc) is 2.95. The van der Waals surface area contributed by atoms with Gasteiger partial charge in [0, 0.05) is 17.2 Å². The van der Waals surface area contributed by atoms with Gasteiger partial charge in [0.2, 0.25) is 0 Å². The smallest absolute Gasteiger partial charge is 0.167 e. The Morgan fingerprint density at radius 2 is 1.25 bits per heavy atom. The number of aromatic nitrogens is 3. The maximum absolute atomic E-state index is 11.0. The van der Waals surface area contributed by atoms with Crippen molar-refractivity contribution in [1.29, 1.82) is 0 Å². The van der Waals surface area contributed by atoms with Crippen molar-refractivity contribution < 1.29 is 14.9 Å². The summed E-state index contributed by atoms with van der Waals surface area (Å²) < 4.78 is 6.07. The second-order valence-corrected chi connectivity index (χ2v) is 10.9. The van der Waals surface area contributed by atoms with Gasteiger partial charge in [-0.25, -0.2) is 15.0 Å². The summed E-state index contributed by atoms with van der Waals surface area (Å²) in [6.07, 6.45) is 0. The number of ether oxygens (including phenoxy) is 1. The van der Waals surface area contributed by atoms with Crippen LogP contribution in [0.4, 0.5) is 0 Å². The Labute approximate surface area is 235 Å². The van der Waals surface area contributed by atoms with Crippen LogP contribution in [0.1, 0.15) is 43.0 Å². The molecule has 0 radical (unpaired) electrons. The molecule has 0 saturated carbocycles. The number of phenolic OH excluding ortho intramolecular Hbond substituents is 2. The highest BCUT2D eigenvalue weighted by Gasteiger charge is 2.22. The maximum atomic E-state index is 11.0. The molecule has 0 bridgehead atoms. The zero-order valence-corrected chi connectivity index (χ0v) is 23.4. The zero-order valence-electron chi connectivity index (χ0n) is 23.4. The van der Waals surface area contributed by atoms with Gasteiger partial charge >= 0.3 is 0 Å². The van der Waals surface area contributed by atoms with E-state index >= 15 is 0 Å². The fraction of sp³-hybridized carbons (Fsp3) is 0.206. The minimum absolute atomic E-state index is 0.00101. The lowest BCUT2D eigenvalue weighted by Crippen LogP contribution is -2.14. The Hall–Kier alpha value is -4.71. The van der Waals surface area contributed by atoms with Crippen molar-refractivity contribution in [2.24, 2.45) is 0 Å². The fourth-order valence-corrected chi connectivity index (χ4v) is 4.68. The molecule has 5 rings (SSSR count). The summed E-state index contributed by atoms with van der Waals surface area (Å²) in [6.45, 7) is 10.4. The van der Waals surface area contributed by atoms with E-state index in [1.807, 2.05) is 80.6 Å². The molecule has 1 heterocycles. The van der Waals surface area contributed by atoms with E-state index in [4.69, 9.17) is 19.7 Å². The van der Waals surface area contributed by atoms with Gasteiger partial charge in [0.25, 0.3) is 0 Å². The summed E-state index contributed by atoms with van der Waals surface area (Å²) >= 11 is 0. The molecule has 202 valence electrons. The molecule has 0 unspecified atom stereocenters. The SMILES string of the molecule is Cc1cc(C(C)(C)C)c(O)c(C)c1COc1ccc(-c2nc(-c3ccccc3)nc(-c3ccccc3)n2)c(O)c1. The van der Waals surface area contributed by atoms with E-state index in [2.05, 4.69) is 20.8 Å². The van der Waals surface area contributed by atoms with Crippen LogP contribution in [-0.2, 0) is 12.0 Å². The normalized spacial score (nSPS) is 11.4. The molecule has 5 aromatic rings. The summed E-state index contributed by atoms with van der Waals surface area (Å²) in [7, 11) is 0. The Kier molecular flexibility index (Phi) is 7.26. The van der Waals surface area contributed by atoms with Crippen LogP contribution >= 0.6 is 0 Å². The lowest BCUT2D eigenvalue weighted by molar-refractivity contribution is 0.301. The summed E-state index contributed by atoms with van der Waals surface area (Å²) in [5.74, 6) is 2.21. The molecule has 0 saturated heterocycles. The predicted octanol–water partition coefficient (Wildman–Crippen LogP) is 7.78. The van der Waals surface area contributed by atoms with Crippen molar-refractivity contribution in [2.75, 3.05) is 0 Å².